The molecule has 0 spiro atoms. The van der Waals surface area contributed by atoms with E-state index in [0.29, 0.717) is 0 Å². The summed E-state index contributed by atoms with van der Waals surface area (Å²) in [6.45, 7) is 3.29. The molecule has 1 unspecified atom stereocenters. The zero-order valence-corrected chi connectivity index (χ0v) is 11.2. The van der Waals surface area contributed by atoms with Crippen molar-refractivity contribution in [3.05, 3.63) is 29.8 Å². The van der Waals surface area contributed by atoms with Crippen LogP contribution in [0.1, 0.15) is 44.2 Å². The summed E-state index contributed by atoms with van der Waals surface area (Å²) in [5.74, 6) is 0. The number of rotatable bonds is 3. The molecule has 3 N–H and O–H groups in total. The third-order valence-corrected chi connectivity index (χ3v) is 3.84. The van der Waals surface area contributed by atoms with E-state index in [9.17, 15) is 5.11 Å². The van der Waals surface area contributed by atoms with Gasteiger partial charge in [-0.1, -0.05) is 25.0 Å². The summed E-state index contributed by atoms with van der Waals surface area (Å²) in [6.07, 6.45) is 4.79. The first-order valence-electron chi connectivity index (χ1n) is 6.95. The topological polar surface area (TPSA) is 49.5 Å². The molecule has 100 valence electrons. The molecule has 1 aliphatic heterocycles. The summed E-state index contributed by atoms with van der Waals surface area (Å²) in [4.78, 5) is 2.35. The van der Waals surface area contributed by atoms with Gasteiger partial charge in [-0.3, -0.25) is 0 Å². The van der Waals surface area contributed by atoms with Crippen LogP contribution in [0, 0.1) is 0 Å². The molecular weight excluding hydrogens is 224 g/mol. The van der Waals surface area contributed by atoms with Gasteiger partial charge in [0.25, 0.3) is 0 Å². The van der Waals surface area contributed by atoms with Crippen LogP contribution in [0.25, 0.3) is 0 Å². The fourth-order valence-electron chi connectivity index (χ4n) is 2.68. The smallest absolute Gasteiger partial charge is 0.0635 e. The van der Waals surface area contributed by atoms with E-state index >= 15 is 0 Å². The Morgan fingerprint density at radius 1 is 1.28 bits per heavy atom. The van der Waals surface area contributed by atoms with Gasteiger partial charge in [-0.2, -0.15) is 0 Å². The lowest BCUT2D eigenvalue weighted by atomic mass is 10.1. The van der Waals surface area contributed by atoms with E-state index in [1.165, 1.54) is 24.9 Å². The normalized spacial score (nSPS) is 22.6. The average molecular weight is 248 g/mol. The predicted molar refractivity (Wildman–Crippen MR) is 75.7 cm³/mol. The van der Waals surface area contributed by atoms with Crippen molar-refractivity contribution in [3.8, 4) is 0 Å². The van der Waals surface area contributed by atoms with Crippen molar-refractivity contribution in [2.24, 2.45) is 5.73 Å². The second-order valence-electron chi connectivity index (χ2n) is 5.26. The lowest BCUT2D eigenvalue weighted by Gasteiger charge is -2.31. The first-order valence-corrected chi connectivity index (χ1v) is 6.95. The molecule has 0 aromatic heterocycles. The summed E-state index contributed by atoms with van der Waals surface area (Å²) in [5, 5.41) is 9.53. The van der Waals surface area contributed by atoms with Gasteiger partial charge >= 0.3 is 0 Å². The number of hydrogen-bond acceptors (Lipinski definition) is 3. The number of anilines is 1. The minimum absolute atomic E-state index is 0.0804. The van der Waals surface area contributed by atoms with Gasteiger partial charge in [0.2, 0.25) is 0 Å². The van der Waals surface area contributed by atoms with E-state index in [-0.39, 0.29) is 18.7 Å². The fourth-order valence-corrected chi connectivity index (χ4v) is 2.68. The van der Waals surface area contributed by atoms with Gasteiger partial charge in [0, 0.05) is 18.3 Å². The van der Waals surface area contributed by atoms with Crippen molar-refractivity contribution in [1.29, 1.82) is 0 Å². The molecule has 1 fully saturated rings. The highest BCUT2D eigenvalue weighted by molar-refractivity contribution is 5.49. The second kappa shape index (κ2) is 6.21. The van der Waals surface area contributed by atoms with Crippen molar-refractivity contribution in [2.75, 3.05) is 18.1 Å². The Morgan fingerprint density at radius 3 is 2.61 bits per heavy atom. The number of aliphatic hydroxyl groups excluding tert-OH is 1. The Morgan fingerprint density at radius 2 is 2.00 bits per heavy atom. The summed E-state index contributed by atoms with van der Waals surface area (Å²) >= 11 is 0. The van der Waals surface area contributed by atoms with Crippen molar-refractivity contribution >= 4 is 5.69 Å². The van der Waals surface area contributed by atoms with Crippen LogP contribution in [-0.2, 0) is 0 Å². The predicted octanol–water partition coefficient (Wildman–Crippen LogP) is 2.45. The molecule has 18 heavy (non-hydrogen) atoms. The maximum absolute atomic E-state index is 9.53. The quantitative estimate of drug-likeness (QED) is 0.864. The van der Waals surface area contributed by atoms with Crippen molar-refractivity contribution in [2.45, 2.75) is 44.7 Å². The molecule has 0 radical (unpaired) electrons. The molecule has 3 heteroatoms. The van der Waals surface area contributed by atoms with E-state index in [0.717, 1.165) is 18.5 Å². The molecule has 0 saturated carbocycles. The molecular formula is C15H24N2O. The standard InChI is InChI=1S/C15H24N2O/c1-12(16)13-6-8-14(9-7-13)17-10-4-2-3-5-15(17)11-18/h6-9,12,15,18H,2-5,10-11,16H2,1H3/t12-,15?/m0/s1. The van der Waals surface area contributed by atoms with Gasteiger partial charge in [-0.05, 0) is 37.5 Å². The fraction of sp³-hybridized carbons (Fsp3) is 0.600. The molecule has 0 bridgehead atoms. The zero-order valence-electron chi connectivity index (χ0n) is 11.2. The van der Waals surface area contributed by atoms with Gasteiger partial charge in [0.15, 0.2) is 0 Å². The molecule has 1 aromatic rings. The van der Waals surface area contributed by atoms with Gasteiger partial charge in [-0.25, -0.2) is 0 Å². The summed E-state index contributed by atoms with van der Waals surface area (Å²) in [6, 6.07) is 8.81. The molecule has 0 aliphatic carbocycles. The first kappa shape index (κ1) is 13.4. The number of nitrogens with two attached hydrogens (primary N) is 1. The van der Waals surface area contributed by atoms with E-state index in [4.69, 9.17) is 5.73 Å². The number of hydrogen-bond donors (Lipinski definition) is 2. The third kappa shape index (κ3) is 3.03. The second-order valence-corrected chi connectivity index (χ2v) is 5.26. The molecule has 1 saturated heterocycles. The number of nitrogens with zero attached hydrogens (tertiary/aromatic N) is 1. The van der Waals surface area contributed by atoms with Gasteiger partial charge < -0.3 is 15.7 Å². The van der Waals surface area contributed by atoms with E-state index in [1.807, 2.05) is 6.92 Å². The van der Waals surface area contributed by atoms with Crippen LogP contribution in [0.3, 0.4) is 0 Å². The highest BCUT2D eigenvalue weighted by atomic mass is 16.3. The SMILES string of the molecule is C[C@H](N)c1ccc(N2CCCCCC2CO)cc1. The highest BCUT2D eigenvalue weighted by Crippen LogP contribution is 2.25. The van der Waals surface area contributed by atoms with Crippen LogP contribution in [0.15, 0.2) is 24.3 Å². The van der Waals surface area contributed by atoms with Crippen LogP contribution < -0.4 is 10.6 Å². The Bertz CT molecular complexity index is 361. The number of aliphatic hydroxyl groups is 1. The first-order chi connectivity index (χ1) is 8.72. The summed E-state index contributed by atoms with van der Waals surface area (Å²) in [7, 11) is 0. The lowest BCUT2D eigenvalue weighted by molar-refractivity contribution is 0.255. The molecule has 2 rings (SSSR count). The van der Waals surface area contributed by atoms with E-state index < -0.39 is 0 Å². The molecule has 1 heterocycles. The van der Waals surface area contributed by atoms with Crippen LogP contribution in [0.5, 0.6) is 0 Å². The molecule has 1 aromatic carbocycles. The molecule has 2 atom stereocenters. The Balaban J connectivity index is 2.16. The molecule has 3 nitrogen and oxygen atoms in total. The summed E-state index contributed by atoms with van der Waals surface area (Å²) in [5.41, 5.74) is 8.24. The maximum atomic E-state index is 9.53. The third-order valence-electron chi connectivity index (χ3n) is 3.84. The van der Waals surface area contributed by atoms with Crippen LogP contribution in [-0.4, -0.2) is 24.3 Å². The number of benzene rings is 1. The Labute approximate surface area is 110 Å². The molecule has 0 amide bonds. The van der Waals surface area contributed by atoms with Gasteiger partial charge in [0.1, 0.15) is 0 Å². The Kier molecular flexibility index (Phi) is 4.61. The van der Waals surface area contributed by atoms with Gasteiger partial charge in [-0.15, -0.1) is 0 Å². The largest absolute Gasteiger partial charge is 0.394 e. The monoisotopic (exact) mass is 248 g/mol. The van der Waals surface area contributed by atoms with Crippen molar-refractivity contribution in [1.82, 2.24) is 0 Å². The molecule has 1 aliphatic rings. The van der Waals surface area contributed by atoms with E-state index in [2.05, 4.69) is 29.2 Å². The van der Waals surface area contributed by atoms with Crippen molar-refractivity contribution < 1.29 is 5.11 Å². The highest BCUT2D eigenvalue weighted by Gasteiger charge is 2.20. The van der Waals surface area contributed by atoms with Gasteiger partial charge in [0.05, 0.1) is 12.6 Å². The van der Waals surface area contributed by atoms with Crippen LogP contribution >= 0.6 is 0 Å². The van der Waals surface area contributed by atoms with Crippen LogP contribution in [0.4, 0.5) is 5.69 Å². The zero-order chi connectivity index (χ0) is 13.0. The maximum Gasteiger partial charge on any atom is 0.0635 e. The summed E-state index contributed by atoms with van der Waals surface area (Å²) < 4.78 is 0. The average Bonchev–Trinajstić information content (AvgIpc) is 2.63. The van der Waals surface area contributed by atoms with Crippen molar-refractivity contribution in [3.63, 3.8) is 0 Å². The van der Waals surface area contributed by atoms with Crippen LogP contribution in [0.2, 0.25) is 0 Å². The minimum atomic E-state index is 0.0804. The lowest BCUT2D eigenvalue weighted by Crippen LogP contribution is -2.37. The Hall–Kier alpha value is -1.06. The minimum Gasteiger partial charge on any atom is -0.394 e. The van der Waals surface area contributed by atoms with E-state index in [1.54, 1.807) is 0 Å².